The van der Waals surface area contributed by atoms with E-state index in [0.717, 1.165) is 36.0 Å². The Morgan fingerprint density at radius 3 is 2.43 bits per heavy atom. The topological polar surface area (TPSA) is 72.2 Å². The highest BCUT2D eigenvalue weighted by atomic mass is 32.2. The maximum atomic E-state index is 12.4. The van der Waals surface area contributed by atoms with Gasteiger partial charge in [-0.25, -0.2) is 13.1 Å². The molecule has 0 aromatic heterocycles. The summed E-state index contributed by atoms with van der Waals surface area (Å²) >= 11 is 0. The van der Waals surface area contributed by atoms with Crippen molar-refractivity contribution in [2.24, 2.45) is 11.7 Å². The van der Waals surface area contributed by atoms with E-state index in [4.69, 9.17) is 5.73 Å². The lowest BCUT2D eigenvalue weighted by atomic mass is 10.1. The molecule has 3 N–H and O–H groups in total. The lowest BCUT2D eigenvalue weighted by Gasteiger charge is -2.13. The van der Waals surface area contributed by atoms with Crippen molar-refractivity contribution >= 4 is 10.0 Å². The van der Waals surface area contributed by atoms with Gasteiger partial charge in [-0.05, 0) is 48.9 Å². The van der Waals surface area contributed by atoms with Gasteiger partial charge in [0.2, 0.25) is 10.0 Å². The normalized spacial score (nSPS) is 12.1. The Morgan fingerprint density at radius 2 is 1.86 bits per heavy atom. The minimum absolute atomic E-state index is 0.345. The zero-order valence-electron chi connectivity index (χ0n) is 13.6. The first kappa shape index (κ1) is 18.1. The summed E-state index contributed by atoms with van der Waals surface area (Å²) in [6.45, 7) is 8.93. The van der Waals surface area contributed by atoms with Crippen molar-refractivity contribution in [2.45, 2.75) is 58.4 Å². The molecule has 0 bridgehead atoms. The lowest BCUT2D eigenvalue weighted by molar-refractivity contribution is 0.530. The number of unbranched alkanes of at least 4 members (excludes halogenated alkanes) is 1. The van der Waals surface area contributed by atoms with E-state index in [1.807, 2.05) is 19.9 Å². The maximum absolute atomic E-state index is 12.4. The molecule has 0 unspecified atom stereocenters. The summed E-state index contributed by atoms with van der Waals surface area (Å²) in [5.74, 6) is 0.660. The van der Waals surface area contributed by atoms with Crippen molar-refractivity contribution in [1.29, 1.82) is 0 Å². The molecular weight excluding hydrogens is 284 g/mol. The van der Waals surface area contributed by atoms with Crippen LogP contribution in [0, 0.1) is 19.8 Å². The largest absolute Gasteiger partial charge is 0.326 e. The summed E-state index contributed by atoms with van der Waals surface area (Å²) in [5, 5.41) is 0. The van der Waals surface area contributed by atoms with E-state index in [0.29, 0.717) is 23.9 Å². The molecule has 0 radical (unpaired) electrons. The van der Waals surface area contributed by atoms with Crippen LogP contribution < -0.4 is 10.5 Å². The van der Waals surface area contributed by atoms with Crippen LogP contribution in [-0.2, 0) is 16.6 Å². The molecule has 120 valence electrons. The van der Waals surface area contributed by atoms with Gasteiger partial charge in [0.25, 0.3) is 0 Å². The summed E-state index contributed by atoms with van der Waals surface area (Å²) in [6, 6.07) is 3.62. The van der Waals surface area contributed by atoms with Crippen molar-refractivity contribution in [3.05, 3.63) is 28.8 Å². The highest BCUT2D eigenvalue weighted by molar-refractivity contribution is 7.89. The van der Waals surface area contributed by atoms with Crippen molar-refractivity contribution < 1.29 is 8.42 Å². The Morgan fingerprint density at radius 1 is 1.19 bits per heavy atom. The number of hydrogen-bond donors (Lipinski definition) is 2. The van der Waals surface area contributed by atoms with E-state index in [-0.39, 0.29) is 0 Å². The molecule has 1 aromatic carbocycles. The highest BCUT2D eigenvalue weighted by Gasteiger charge is 2.18. The fourth-order valence-electron chi connectivity index (χ4n) is 2.26. The number of benzene rings is 1. The van der Waals surface area contributed by atoms with Crippen molar-refractivity contribution in [1.82, 2.24) is 4.72 Å². The second-order valence-corrected chi connectivity index (χ2v) is 7.76. The Balaban J connectivity index is 2.76. The highest BCUT2D eigenvalue weighted by Crippen LogP contribution is 2.21. The lowest BCUT2D eigenvalue weighted by Crippen LogP contribution is -2.26. The Hall–Kier alpha value is -0.910. The first-order valence-corrected chi connectivity index (χ1v) is 9.06. The third-order valence-electron chi connectivity index (χ3n) is 3.71. The van der Waals surface area contributed by atoms with Gasteiger partial charge in [-0.1, -0.05) is 32.8 Å². The molecule has 0 heterocycles. The average Bonchev–Trinajstić information content (AvgIpc) is 2.40. The molecule has 0 fully saturated rings. The van der Waals surface area contributed by atoms with E-state index >= 15 is 0 Å². The van der Waals surface area contributed by atoms with Gasteiger partial charge in [-0.2, -0.15) is 0 Å². The fourth-order valence-corrected chi connectivity index (χ4v) is 3.70. The molecular formula is C16H28N2O2S. The smallest absolute Gasteiger partial charge is 0.240 e. The van der Waals surface area contributed by atoms with Gasteiger partial charge in [0.15, 0.2) is 0 Å². The van der Waals surface area contributed by atoms with Crippen LogP contribution in [0.4, 0.5) is 0 Å². The van der Waals surface area contributed by atoms with Gasteiger partial charge in [-0.3, -0.25) is 0 Å². The quantitative estimate of drug-likeness (QED) is 0.725. The molecule has 4 nitrogen and oxygen atoms in total. The number of nitrogens with two attached hydrogens (primary N) is 1. The molecule has 0 aliphatic heterocycles. The van der Waals surface area contributed by atoms with E-state index in [1.165, 1.54) is 0 Å². The van der Waals surface area contributed by atoms with Gasteiger partial charge >= 0.3 is 0 Å². The van der Waals surface area contributed by atoms with Crippen LogP contribution in [-0.4, -0.2) is 15.0 Å². The van der Waals surface area contributed by atoms with Gasteiger partial charge in [0, 0.05) is 13.1 Å². The predicted octanol–water partition coefficient (Wildman–Crippen LogP) is 2.87. The van der Waals surface area contributed by atoms with Gasteiger partial charge in [-0.15, -0.1) is 0 Å². The SMILES string of the molecule is Cc1cc(CN)cc(S(=O)(=O)NCCCCC(C)C)c1C. The zero-order chi connectivity index (χ0) is 16.0. The molecule has 0 amide bonds. The Bertz CT molecular complexity index is 566. The number of hydrogen-bond acceptors (Lipinski definition) is 3. The van der Waals surface area contributed by atoms with Crippen molar-refractivity contribution in [2.75, 3.05) is 6.54 Å². The number of nitrogens with one attached hydrogen (secondary N) is 1. The fraction of sp³-hybridized carbons (Fsp3) is 0.625. The molecule has 0 aliphatic carbocycles. The van der Waals surface area contributed by atoms with Crippen LogP contribution in [0.25, 0.3) is 0 Å². The van der Waals surface area contributed by atoms with Gasteiger partial charge in [0.1, 0.15) is 0 Å². The summed E-state index contributed by atoms with van der Waals surface area (Å²) < 4.78 is 27.5. The van der Waals surface area contributed by atoms with Crippen molar-refractivity contribution in [3.63, 3.8) is 0 Å². The molecule has 0 aliphatic rings. The second-order valence-electron chi connectivity index (χ2n) is 6.03. The third-order valence-corrected chi connectivity index (χ3v) is 5.29. The van der Waals surface area contributed by atoms with Crippen LogP contribution >= 0.6 is 0 Å². The summed E-state index contributed by atoms with van der Waals surface area (Å²) in [4.78, 5) is 0.354. The van der Waals surface area contributed by atoms with Crippen LogP contribution in [0.15, 0.2) is 17.0 Å². The third kappa shape index (κ3) is 5.41. The first-order chi connectivity index (χ1) is 9.77. The molecule has 1 aromatic rings. The molecule has 0 saturated carbocycles. The average molecular weight is 312 g/mol. The van der Waals surface area contributed by atoms with Crippen LogP contribution in [0.2, 0.25) is 0 Å². The number of sulfonamides is 1. The molecule has 5 heteroatoms. The van der Waals surface area contributed by atoms with E-state index in [9.17, 15) is 8.42 Å². The van der Waals surface area contributed by atoms with Crippen LogP contribution in [0.1, 0.15) is 49.8 Å². The zero-order valence-corrected chi connectivity index (χ0v) is 14.4. The van der Waals surface area contributed by atoms with Gasteiger partial charge < -0.3 is 5.73 Å². The number of aryl methyl sites for hydroxylation is 1. The molecule has 21 heavy (non-hydrogen) atoms. The van der Waals surface area contributed by atoms with Gasteiger partial charge in [0.05, 0.1) is 4.90 Å². The van der Waals surface area contributed by atoms with Crippen LogP contribution in [0.3, 0.4) is 0 Å². The van der Waals surface area contributed by atoms with Crippen LogP contribution in [0.5, 0.6) is 0 Å². The maximum Gasteiger partial charge on any atom is 0.240 e. The minimum Gasteiger partial charge on any atom is -0.326 e. The Kier molecular flexibility index (Phi) is 6.84. The molecule has 1 rings (SSSR count). The van der Waals surface area contributed by atoms with Crippen molar-refractivity contribution in [3.8, 4) is 0 Å². The molecule has 0 saturated heterocycles. The summed E-state index contributed by atoms with van der Waals surface area (Å²) in [6.07, 6.45) is 3.04. The summed E-state index contributed by atoms with van der Waals surface area (Å²) in [5.41, 5.74) is 8.23. The Labute approximate surface area is 129 Å². The van der Waals surface area contributed by atoms with E-state index in [1.54, 1.807) is 6.07 Å². The number of rotatable bonds is 8. The van der Waals surface area contributed by atoms with E-state index < -0.39 is 10.0 Å². The minimum atomic E-state index is -3.45. The standard InChI is InChI=1S/C16H28N2O2S/c1-12(2)7-5-6-8-18-21(19,20)16-10-15(11-17)9-13(3)14(16)4/h9-10,12,18H,5-8,11,17H2,1-4H3. The van der Waals surface area contributed by atoms with E-state index in [2.05, 4.69) is 18.6 Å². The molecule has 0 spiro atoms. The monoisotopic (exact) mass is 312 g/mol. The molecule has 0 atom stereocenters. The predicted molar refractivity (Wildman–Crippen MR) is 87.7 cm³/mol. The summed E-state index contributed by atoms with van der Waals surface area (Å²) in [7, 11) is -3.45. The first-order valence-electron chi connectivity index (χ1n) is 7.57. The second kappa shape index (κ2) is 7.92.